The Morgan fingerprint density at radius 1 is 1.25 bits per heavy atom. The van der Waals surface area contributed by atoms with Gasteiger partial charge in [0.15, 0.2) is 0 Å². The highest BCUT2D eigenvalue weighted by Gasteiger charge is 2.08. The second-order valence-corrected chi connectivity index (χ2v) is 5.44. The van der Waals surface area contributed by atoms with Crippen LogP contribution in [0.5, 0.6) is 11.6 Å². The van der Waals surface area contributed by atoms with Crippen LogP contribution in [0.2, 0.25) is 0 Å². The largest absolute Gasteiger partial charge is 0.439 e. The van der Waals surface area contributed by atoms with Gasteiger partial charge >= 0.3 is 0 Å². The molecular weight excluding hydrogens is 318 g/mol. The van der Waals surface area contributed by atoms with E-state index in [1.807, 2.05) is 38.1 Å². The quantitative estimate of drug-likeness (QED) is 0.787. The number of rotatable bonds is 4. The fraction of sp³-hybridized carbons (Fsp3) is 0.267. The third kappa shape index (κ3) is 3.78. The minimum atomic E-state index is 0.229. The maximum Gasteiger partial charge on any atom is 0.223 e. The van der Waals surface area contributed by atoms with E-state index in [0.29, 0.717) is 22.7 Å². The lowest BCUT2D eigenvalue weighted by molar-refractivity contribution is 0.456. The molecule has 2 aromatic rings. The van der Waals surface area contributed by atoms with Crippen molar-refractivity contribution in [3.05, 3.63) is 46.3 Å². The standard InChI is InChI=1S/C15H14BrN3O/c1-10(2)15-18-13(16)9-14(19-15)20-12-5-3-11(4-6-12)7-8-17/h3-6,9-10H,7H2,1-2H3. The number of hydrogen-bond donors (Lipinski definition) is 0. The van der Waals surface area contributed by atoms with Gasteiger partial charge in [-0.25, -0.2) is 4.98 Å². The maximum atomic E-state index is 8.63. The Bertz CT molecular complexity index is 633. The monoisotopic (exact) mass is 331 g/mol. The van der Waals surface area contributed by atoms with Gasteiger partial charge in [-0.3, -0.25) is 0 Å². The number of ether oxygens (including phenoxy) is 1. The van der Waals surface area contributed by atoms with Crippen LogP contribution in [0.25, 0.3) is 0 Å². The van der Waals surface area contributed by atoms with E-state index >= 15 is 0 Å². The molecule has 1 heterocycles. The molecule has 0 aliphatic rings. The van der Waals surface area contributed by atoms with Crippen LogP contribution in [-0.2, 0) is 6.42 Å². The van der Waals surface area contributed by atoms with E-state index in [4.69, 9.17) is 10.00 Å². The summed E-state index contributed by atoms with van der Waals surface area (Å²) in [5, 5.41) is 8.63. The van der Waals surface area contributed by atoms with E-state index in [0.717, 1.165) is 11.4 Å². The van der Waals surface area contributed by atoms with Gasteiger partial charge in [0.1, 0.15) is 16.2 Å². The number of aromatic nitrogens is 2. The first-order valence-electron chi connectivity index (χ1n) is 6.26. The van der Waals surface area contributed by atoms with E-state index in [1.54, 1.807) is 6.07 Å². The summed E-state index contributed by atoms with van der Waals surface area (Å²) in [5.41, 5.74) is 0.964. The van der Waals surface area contributed by atoms with Crippen molar-refractivity contribution in [3.8, 4) is 17.7 Å². The van der Waals surface area contributed by atoms with Crippen molar-refractivity contribution in [2.45, 2.75) is 26.2 Å². The van der Waals surface area contributed by atoms with Gasteiger partial charge < -0.3 is 4.74 Å². The number of hydrogen-bond acceptors (Lipinski definition) is 4. The Morgan fingerprint density at radius 2 is 1.95 bits per heavy atom. The van der Waals surface area contributed by atoms with Gasteiger partial charge in [-0.05, 0) is 33.6 Å². The topological polar surface area (TPSA) is 58.8 Å². The smallest absolute Gasteiger partial charge is 0.223 e. The van der Waals surface area contributed by atoms with Crippen molar-refractivity contribution in [1.29, 1.82) is 5.26 Å². The molecule has 4 nitrogen and oxygen atoms in total. The fourth-order valence-corrected chi connectivity index (χ4v) is 1.99. The molecule has 0 saturated heterocycles. The number of benzene rings is 1. The lowest BCUT2D eigenvalue weighted by atomic mass is 10.2. The minimum Gasteiger partial charge on any atom is -0.439 e. The summed E-state index contributed by atoms with van der Waals surface area (Å²) < 4.78 is 6.42. The van der Waals surface area contributed by atoms with Gasteiger partial charge in [0.25, 0.3) is 0 Å². The Labute approximate surface area is 126 Å². The normalized spacial score (nSPS) is 10.3. The highest BCUT2D eigenvalue weighted by Crippen LogP contribution is 2.24. The maximum absolute atomic E-state index is 8.63. The molecule has 0 fully saturated rings. The highest BCUT2D eigenvalue weighted by molar-refractivity contribution is 9.10. The molecule has 2 rings (SSSR count). The molecule has 0 amide bonds. The van der Waals surface area contributed by atoms with Crippen molar-refractivity contribution in [2.75, 3.05) is 0 Å². The van der Waals surface area contributed by atoms with Gasteiger partial charge in [-0.2, -0.15) is 10.2 Å². The molecule has 20 heavy (non-hydrogen) atoms. The molecular formula is C15H14BrN3O. The van der Waals surface area contributed by atoms with Crippen LogP contribution in [0.15, 0.2) is 34.9 Å². The molecule has 0 aliphatic carbocycles. The molecule has 0 saturated carbocycles. The number of halogens is 1. The SMILES string of the molecule is CC(C)c1nc(Br)cc(Oc2ccc(CC#N)cc2)n1. The van der Waals surface area contributed by atoms with E-state index in [-0.39, 0.29) is 5.92 Å². The van der Waals surface area contributed by atoms with E-state index in [9.17, 15) is 0 Å². The molecule has 0 spiro atoms. The lowest BCUT2D eigenvalue weighted by Crippen LogP contribution is -1.99. The van der Waals surface area contributed by atoms with Gasteiger partial charge in [-0.15, -0.1) is 0 Å². The molecule has 0 N–H and O–H groups in total. The molecule has 0 atom stereocenters. The van der Waals surface area contributed by atoms with Crippen LogP contribution in [0.1, 0.15) is 31.2 Å². The number of nitriles is 1. The third-order valence-corrected chi connectivity index (χ3v) is 3.04. The highest BCUT2D eigenvalue weighted by atomic mass is 79.9. The zero-order valence-corrected chi connectivity index (χ0v) is 12.9. The van der Waals surface area contributed by atoms with Gasteiger partial charge in [-0.1, -0.05) is 26.0 Å². The van der Waals surface area contributed by atoms with Crippen LogP contribution in [0.3, 0.4) is 0 Å². The van der Waals surface area contributed by atoms with E-state index in [1.165, 1.54) is 0 Å². The number of nitrogens with zero attached hydrogens (tertiary/aromatic N) is 3. The van der Waals surface area contributed by atoms with Crippen molar-refractivity contribution in [1.82, 2.24) is 9.97 Å². The third-order valence-electron chi connectivity index (χ3n) is 2.63. The minimum absolute atomic E-state index is 0.229. The average molecular weight is 332 g/mol. The Balaban J connectivity index is 2.19. The Hall–Kier alpha value is -1.93. The Morgan fingerprint density at radius 3 is 2.55 bits per heavy atom. The lowest BCUT2D eigenvalue weighted by Gasteiger charge is -2.09. The molecule has 102 valence electrons. The summed E-state index contributed by atoms with van der Waals surface area (Å²) in [4.78, 5) is 8.67. The fourth-order valence-electron chi connectivity index (χ4n) is 1.61. The van der Waals surface area contributed by atoms with E-state index in [2.05, 4.69) is 32.0 Å². The molecule has 0 bridgehead atoms. The van der Waals surface area contributed by atoms with Crippen LogP contribution in [0.4, 0.5) is 0 Å². The summed E-state index contributed by atoms with van der Waals surface area (Å²) >= 11 is 3.36. The van der Waals surface area contributed by atoms with Crippen molar-refractivity contribution in [3.63, 3.8) is 0 Å². The summed E-state index contributed by atoms with van der Waals surface area (Å²) in [5.74, 6) is 2.15. The van der Waals surface area contributed by atoms with Crippen LogP contribution in [0, 0.1) is 11.3 Å². The molecule has 0 unspecified atom stereocenters. The molecule has 1 aromatic carbocycles. The van der Waals surface area contributed by atoms with Crippen LogP contribution in [-0.4, -0.2) is 9.97 Å². The summed E-state index contributed by atoms with van der Waals surface area (Å²) in [6.45, 7) is 4.06. The van der Waals surface area contributed by atoms with Crippen molar-refractivity contribution >= 4 is 15.9 Å². The van der Waals surface area contributed by atoms with Crippen LogP contribution < -0.4 is 4.74 Å². The summed E-state index contributed by atoms with van der Waals surface area (Å²) in [7, 11) is 0. The van der Waals surface area contributed by atoms with Crippen molar-refractivity contribution < 1.29 is 4.74 Å². The first-order valence-corrected chi connectivity index (χ1v) is 7.06. The summed E-state index contributed by atoms with van der Waals surface area (Å²) in [6.07, 6.45) is 0.400. The molecule has 0 aliphatic heterocycles. The first kappa shape index (κ1) is 14.5. The molecule has 5 heteroatoms. The predicted octanol–water partition coefficient (Wildman–Crippen LogP) is 4.22. The second-order valence-electron chi connectivity index (χ2n) is 4.62. The average Bonchev–Trinajstić information content (AvgIpc) is 2.40. The van der Waals surface area contributed by atoms with E-state index < -0.39 is 0 Å². The zero-order valence-electron chi connectivity index (χ0n) is 11.3. The predicted molar refractivity (Wildman–Crippen MR) is 79.7 cm³/mol. The van der Waals surface area contributed by atoms with Gasteiger partial charge in [0, 0.05) is 12.0 Å². The van der Waals surface area contributed by atoms with Gasteiger partial charge in [0.05, 0.1) is 12.5 Å². The Kier molecular flexibility index (Phi) is 4.70. The first-order chi connectivity index (χ1) is 9.58. The molecule has 0 radical (unpaired) electrons. The van der Waals surface area contributed by atoms with Crippen LogP contribution >= 0.6 is 15.9 Å². The van der Waals surface area contributed by atoms with Gasteiger partial charge in [0.2, 0.25) is 5.88 Å². The van der Waals surface area contributed by atoms with Crippen molar-refractivity contribution in [2.24, 2.45) is 0 Å². The molecule has 1 aromatic heterocycles. The summed E-state index contributed by atoms with van der Waals surface area (Å²) in [6, 6.07) is 11.3. The zero-order chi connectivity index (χ0) is 14.5. The second kappa shape index (κ2) is 6.49.